The van der Waals surface area contributed by atoms with Gasteiger partial charge in [0.15, 0.2) is 0 Å². The molecule has 0 bridgehead atoms. The predicted octanol–water partition coefficient (Wildman–Crippen LogP) is 3.27. The Morgan fingerprint density at radius 1 is 1.28 bits per heavy atom. The molecule has 5 heteroatoms. The summed E-state index contributed by atoms with van der Waals surface area (Å²) in [4.78, 5) is 18.9. The van der Waals surface area contributed by atoms with Crippen LogP contribution in [0.3, 0.4) is 0 Å². The molecule has 1 aromatic heterocycles. The Hall–Kier alpha value is -1.85. The van der Waals surface area contributed by atoms with E-state index < -0.39 is 0 Å². The van der Waals surface area contributed by atoms with Crippen LogP contribution in [0.2, 0.25) is 0 Å². The lowest BCUT2D eigenvalue weighted by Gasteiger charge is -2.24. The molecule has 2 heterocycles. The number of carbonyl (C=O) groups is 1. The Bertz CT molecular complexity index is 665. The topological polar surface area (TPSA) is 45.2 Å². The van der Waals surface area contributed by atoms with E-state index in [1.807, 2.05) is 24.3 Å². The number of hydrogen-bond donors (Lipinski definition) is 1. The Morgan fingerprint density at radius 2 is 2.08 bits per heavy atom. The molecule has 0 spiro atoms. The summed E-state index contributed by atoms with van der Waals surface area (Å²) in [6.07, 6.45) is 2.81. The van der Waals surface area contributed by atoms with Crippen molar-refractivity contribution in [2.45, 2.75) is 31.2 Å². The lowest BCUT2D eigenvalue weighted by atomic mass is 10.1. The summed E-state index contributed by atoms with van der Waals surface area (Å²) in [5.74, 6) is 1.39. The number of amides is 1. The first-order valence-corrected chi connectivity index (χ1v) is 9.94. The van der Waals surface area contributed by atoms with Crippen molar-refractivity contribution in [3.05, 3.63) is 66.0 Å². The number of thioether (sulfide) groups is 1. The molecule has 1 aromatic carbocycles. The number of pyridine rings is 1. The second kappa shape index (κ2) is 9.02. The summed E-state index contributed by atoms with van der Waals surface area (Å²) in [5, 5.41) is 3.18. The van der Waals surface area contributed by atoms with E-state index in [-0.39, 0.29) is 11.9 Å². The van der Waals surface area contributed by atoms with Crippen molar-refractivity contribution < 1.29 is 4.79 Å². The van der Waals surface area contributed by atoms with Gasteiger partial charge in [-0.25, -0.2) is 0 Å². The minimum Gasteiger partial charge on any atom is -0.351 e. The lowest BCUT2D eigenvalue weighted by molar-refractivity contribution is -0.119. The van der Waals surface area contributed by atoms with Crippen LogP contribution in [0.25, 0.3) is 0 Å². The number of nitrogens with one attached hydrogen (secondary N) is 1. The first-order valence-electron chi connectivity index (χ1n) is 8.78. The van der Waals surface area contributed by atoms with Crippen LogP contribution >= 0.6 is 11.8 Å². The highest BCUT2D eigenvalue weighted by atomic mass is 32.2. The summed E-state index contributed by atoms with van der Waals surface area (Å²) in [5.41, 5.74) is 2.35. The summed E-state index contributed by atoms with van der Waals surface area (Å²) < 4.78 is 0. The van der Waals surface area contributed by atoms with Gasteiger partial charge in [-0.1, -0.05) is 36.4 Å². The molecule has 2 aromatic rings. The minimum absolute atomic E-state index is 0.125. The monoisotopic (exact) mass is 355 g/mol. The number of rotatable bonds is 7. The molecule has 3 rings (SSSR count). The third-order valence-electron chi connectivity index (χ3n) is 4.62. The van der Waals surface area contributed by atoms with E-state index in [0.717, 1.165) is 31.0 Å². The highest BCUT2D eigenvalue weighted by molar-refractivity contribution is 7.99. The van der Waals surface area contributed by atoms with Crippen LogP contribution in [0.4, 0.5) is 0 Å². The van der Waals surface area contributed by atoms with Gasteiger partial charge in [0.05, 0.1) is 11.4 Å². The first kappa shape index (κ1) is 18.0. The fraction of sp³-hybridized carbons (Fsp3) is 0.400. The van der Waals surface area contributed by atoms with Gasteiger partial charge in [-0.2, -0.15) is 0 Å². The SMILES string of the molecule is CC(c1ccccc1)N1CCC(NC(=O)CSCc2ccccn2)C1. The van der Waals surface area contributed by atoms with Crippen LogP contribution in [0.5, 0.6) is 0 Å². The molecule has 25 heavy (non-hydrogen) atoms. The fourth-order valence-electron chi connectivity index (χ4n) is 3.20. The smallest absolute Gasteiger partial charge is 0.230 e. The summed E-state index contributed by atoms with van der Waals surface area (Å²) in [6, 6.07) is 17.1. The zero-order valence-corrected chi connectivity index (χ0v) is 15.4. The van der Waals surface area contributed by atoms with Gasteiger partial charge in [-0.3, -0.25) is 14.7 Å². The quantitative estimate of drug-likeness (QED) is 0.828. The second-order valence-corrected chi connectivity index (χ2v) is 7.43. The Balaban J connectivity index is 1.39. The van der Waals surface area contributed by atoms with E-state index in [1.165, 1.54) is 5.56 Å². The molecule has 4 nitrogen and oxygen atoms in total. The Kier molecular flexibility index (Phi) is 6.48. The standard InChI is InChI=1S/C20H25N3OS/c1-16(17-7-3-2-4-8-17)23-12-10-18(13-23)22-20(24)15-25-14-19-9-5-6-11-21-19/h2-9,11,16,18H,10,12-15H2,1H3,(H,22,24). The van der Waals surface area contributed by atoms with Crippen LogP contribution in [0, 0.1) is 0 Å². The highest BCUT2D eigenvalue weighted by Crippen LogP contribution is 2.24. The van der Waals surface area contributed by atoms with Gasteiger partial charge in [0, 0.05) is 37.1 Å². The Morgan fingerprint density at radius 3 is 2.84 bits per heavy atom. The van der Waals surface area contributed by atoms with Gasteiger partial charge < -0.3 is 5.32 Å². The van der Waals surface area contributed by atoms with Gasteiger partial charge >= 0.3 is 0 Å². The highest BCUT2D eigenvalue weighted by Gasteiger charge is 2.27. The third-order valence-corrected chi connectivity index (χ3v) is 5.59. The minimum atomic E-state index is 0.125. The molecule has 1 aliphatic rings. The normalized spacial score (nSPS) is 18.8. The molecular weight excluding hydrogens is 330 g/mol. The molecule has 0 aliphatic carbocycles. The van der Waals surface area contributed by atoms with Gasteiger partial charge in [-0.05, 0) is 31.0 Å². The first-order chi connectivity index (χ1) is 12.2. The number of likely N-dealkylation sites (tertiary alicyclic amines) is 1. The van der Waals surface area contributed by atoms with Gasteiger partial charge in [0.25, 0.3) is 0 Å². The van der Waals surface area contributed by atoms with Crippen molar-refractivity contribution in [2.75, 3.05) is 18.8 Å². The zero-order chi connectivity index (χ0) is 17.5. The molecule has 132 valence electrons. The summed E-state index contributed by atoms with van der Waals surface area (Å²) >= 11 is 1.61. The molecule has 1 fully saturated rings. The molecule has 0 saturated carbocycles. The van der Waals surface area contributed by atoms with Gasteiger partial charge in [0.1, 0.15) is 0 Å². The number of benzene rings is 1. The van der Waals surface area contributed by atoms with Crippen LogP contribution in [0.1, 0.15) is 30.6 Å². The molecule has 1 aliphatic heterocycles. The maximum Gasteiger partial charge on any atom is 0.230 e. The van der Waals surface area contributed by atoms with E-state index in [0.29, 0.717) is 11.8 Å². The van der Waals surface area contributed by atoms with E-state index in [1.54, 1.807) is 18.0 Å². The van der Waals surface area contributed by atoms with Crippen molar-refractivity contribution in [3.8, 4) is 0 Å². The van der Waals surface area contributed by atoms with E-state index in [9.17, 15) is 4.79 Å². The number of carbonyl (C=O) groups excluding carboxylic acids is 1. The molecule has 1 saturated heterocycles. The molecule has 1 N–H and O–H groups in total. The third kappa shape index (κ3) is 5.31. The lowest BCUT2D eigenvalue weighted by Crippen LogP contribution is -2.38. The van der Waals surface area contributed by atoms with Gasteiger partial charge in [-0.15, -0.1) is 11.8 Å². The largest absolute Gasteiger partial charge is 0.351 e. The predicted molar refractivity (Wildman–Crippen MR) is 103 cm³/mol. The zero-order valence-electron chi connectivity index (χ0n) is 14.6. The summed E-state index contributed by atoms with van der Waals surface area (Å²) in [7, 11) is 0. The van der Waals surface area contributed by atoms with Crippen molar-refractivity contribution in [3.63, 3.8) is 0 Å². The van der Waals surface area contributed by atoms with Crippen LogP contribution < -0.4 is 5.32 Å². The van der Waals surface area contributed by atoms with Crippen molar-refractivity contribution in [2.24, 2.45) is 0 Å². The fourth-order valence-corrected chi connectivity index (χ4v) is 3.95. The second-order valence-electron chi connectivity index (χ2n) is 6.45. The molecule has 2 unspecified atom stereocenters. The van der Waals surface area contributed by atoms with Crippen molar-refractivity contribution in [1.29, 1.82) is 0 Å². The Labute approximate surface area is 154 Å². The molecular formula is C20H25N3OS. The van der Waals surface area contributed by atoms with Crippen LogP contribution in [0.15, 0.2) is 54.7 Å². The van der Waals surface area contributed by atoms with Crippen molar-refractivity contribution in [1.82, 2.24) is 15.2 Å². The van der Waals surface area contributed by atoms with Crippen molar-refractivity contribution >= 4 is 17.7 Å². The van der Waals surface area contributed by atoms with E-state index >= 15 is 0 Å². The molecule has 2 atom stereocenters. The van der Waals surface area contributed by atoms with Crippen LogP contribution in [-0.2, 0) is 10.5 Å². The maximum atomic E-state index is 12.2. The molecule has 0 radical (unpaired) electrons. The number of aromatic nitrogens is 1. The molecule has 1 amide bonds. The van der Waals surface area contributed by atoms with E-state index in [4.69, 9.17) is 0 Å². The number of hydrogen-bond acceptors (Lipinski definition) is 4. The van der Waals surface area contributed by atoms with Gasteiger partial charge in [0.2, 0.25) is 5.91 Å². The number of nitrogens with zero attached hydrogens (tertiary/aromatic N) is 2. The van der Waals surface area contributed by atoms with E-state index in [2.05, 4.69) is 46.4 Å². The summed E-state index contributed by atoms with van der Waals surface area (Å²) in [6.45, 7) is 4.19. The average Bonchev–Trinajstić information content (AvgIpc) is 3.11. The maximum absolute atomic E-state index is 12.2. The van der Waals surface area contributed by atoms with Crippen LogP contribution in [-0.4, -0.2) is 40.7 Å². The average molecular weight is 356 g/mol.